The zero-order valence-corrected chi connectivity index (χ0v) is 18.2. The van der Waals surface area contributed by atoms with Gasteiger partial charge in [-0.3, -0.25) is 9.89 Å². The molecule has 2 saturated heterocycles. The third kappa shape index (κ3) is 4.04. The molecule has 31 heavy (non-hydrogen) atoms. The minimum atomic E-state index is 0.112. The first-order valence-electron chi connectivity index (χ1n) is 11.0. The summed E-state index contributed by atoms with van der Waals surface area (Å²) in [6, 6.07) is 13.7. The standard InChI is InChI=1S/C24H26ClN5O/c25-20-8-2-1-6-18(20)22-16-21(27-28-22)17-9-14-29(15-10-17)23-19(7-5-11-26-23)24(31)30-12-3-4-13-30/h1-2,5-8,11,16-17H,3-4,9-10,12-15H2,(H,27,28). The van der Waals surface area contributed by atoms with Gasteiger partial charge in [-0.2, -0.15) is 5.10 Å². The summed E-state index contributed by atoms with van der Waals surface area (Å²) >= 11 is 6.33. The van der Waals surface area contributed by atoms with Crippen LogP contribution in [0.2, 0.25) is 5.02 Å². The number of benzene rings is 1. The molecule has 0 atom stereocenters. The largest absolute Gasteiger partial charge is 0.356 e. The van der Waals surface area contributed by atoms with E-state index in [-0.39, 0.29) is 5.91 Å². The fourth-order valence-electron chi connectivity index (χ4n) is 4.66. The Morgan fingerprint density at radius 2 is 1.81 bits per heavy atom. The van der Waals surface area contributed by atoms with Gasteiger partial charge in [-0.1, -0.05) is 29.8 Å². The van der Waals surface area contributed by atoms with Gasteiger partial charge in [0.25, 0.3) is 5.91 Å². The Labute approximate surface area is 187 Å². The fourth-order valence-corrected chi connectivity index (χ4v) is 4.89. The van der Waals surface area contributed by atoms with Crippen LogP contribution in [0.3, 0.4) is 0 Å². The first-order valence-corrected chi connectivity index (χ1v) is 11.4. The second-order valence-corrected chi connectivity index (χ2v) is 8.73. The van der Waals surface area contributed by atoms with Crippen LogP contribution in [0.15, 0.2) is 48.7 Å². The molecule has 1 amide bonds. The molecule has 3 aromatic rings. The summed E-state index contributed by atoms with van der Waals surface area (Å²) in [5.41, 5.74) is 3.70. The lowest BCUT2D eigenvalue weighted by Crippen LogP contribution is -2.36. The van der Waals surface area contributed by atoms with Gasteiger partial charge in [-0.05, 0) is 49.9 Å². The first-order chi connectivity index (χ1) is 15.2. The van der Waals surface area contributed by atoms with Crippen molar-refractivity contribution in [2.45, 2.75) is 31.6 Å². The smallest absolute Gasteiger partial charge is 0.257 e. The van der Waals surface area contributed by atoms with Crippen LogP contribution in [-0.4, -0.2) is 52.2 Å². The van der Waals surface area contributed by atoms with Crippen molar-refractivity contribution in [3.63, 3.8) is 0 Å². The molecule has 2 aliphatic rings. The van der Waals surface area contributed by atoms with Gasteiger partial charge in [0.15, 0.2) is 0 Å². The summed E-state index contributed by atoms with van der Waals surface area (Å²) in [6.45, 7) is 3.43. The van der Waals surface area contributed by atoms with Gasteiger partial charge in [-0.15, -0.1) is 0 Å². The summed E-state index contributed by atoms with van der Waals surface area (Å²) in [5.74, 6) is 1.33. The fraction of sp³-hybridized carbons (Fsp3) is 0.375. The van der Waals surface area contributed by atoms with E-state index in [9.17, 15) is 4.79 Å². The zero-order chi connectivity index (χ0) is 21.2. The second-order valence-electron chi connectivity index (χ2n) is 8.32. The van der Waals surface area contributed by atoms with Gasteiger partial charge < -0.3 is 9.80 Å². The van der Waals surface area contributed by atoms with Crippen LogP contribution in [-0.2, 0) is 0 Å². The molecule has 0 spiro atoms. The monoisotopic (exact) mass is 435 g/mol. The molecule has 2 aliphatic heterocycles. The Morgan fingerprint density at radius 3 is 2.58 bits per heavy atom. The molecule has 160 valence electrons. The number of nitrogens with one attached hydrogen (secondary N) is 1. The third-order valence-electron chi connectivity index (χ3n) is 6.39. The molecule has 7 heteroatoms. The maximum absolute atomic E-state index is 13.0. The number of pyridine rings is 1. The second kappa shape index (κ2) is 8.71. The molecular weight excluding hydrogens is 410 g/mol. The van der Waals surface area contributed by atoms with Crippen LogP contribution in [0, 0.1) is 0 Å². The van der Waals surface area contributed by atoms with E-state index >= 15 is 0 Å². The molecule has 2 aromatic heterocycles. The molecule has 0 saturated carbocycles. The highest BCUT2D eigenvalue weighted by molar-refractivity contribution is 6.33. The molecule has 0 radical (unpaired) electrons. The Bertz CT molecular complexity index is 1070. The maximum Gasteiger partial charge on any atom is 0.257 e. The van der Waals surface area contributed by atoms with Crippen molar-refractivity contribution in [3.8, 4) is 11.3 Å². The maximum atomic E-state index is 13.0. The number of piperidine rings is 1. The molecule has 2 fully saturated rings. The summed E-state index contributed by atoms with van der Waals surface area (Å²) in [6.07, 6.45) is 5.93. The van der Waals surface area contributed by atoms with Crippen LogP contribution in [0.4, 0.5) is 5.82 Å². The summed E-state index contributed by atoms with van der Waals surface area (Å²) in [4.78, 5) is 21.8. The SMILES string of the molecule is O=C(c1cccnc1N1CCC(c2cc(-c3ccccc3Cl)n[nH]2)CC1)N1CCCC1. The minimum absolute atomic E-state index is 0.112. The normalized spacial score (nSPS) is 17.3. The van der Waals surface area contributed by atoms with Gasteiger partial charge in [0.1, 0.15) is 5.82 Å². The Balaban J connectivity index is 1.29. The quantitative estimate of drug-likeness (QED) is 0.642. The van der Waals surface area contributed by atoms with E-state index in [1.165, 1.54) is 0 Å². The van der Waals surface area contributed by atoms with Gasteiger partial charge in [0.2, 0.25) is 0 Å². The van der Waals surface area contributed by atoms with E-state index in [1.807, 2.05) is 41.3 Å². The van der Waals surface area contributed by atoms with Crippen molar-refractivity contribution in [2.24, 2.45) is 0 Å². The number of hydrogen-bond donors (Lipinski definition) is 1. The average Bonchev–Trinajstić information content (AvgIpc) is 3.52. The summed E-state index contributed by atoms with van der Waals surface area (Å²) in [5, 5.41) is 8.42. The molecule has 1 aromatic carbocycles. The highest BCUT2D eigenvalue weighted by atomic mass is 35.5. The Kier molecular flexibility index (Phi) is 5.64. The van der Waals surface area contributed by atoms with Crippen molar-refractivity contribution in [1.29, 1.82) is 0 Å². The van der Waals surface area contributed by atoms with Crippen molar-refractivity contribution in [2.75, 3.05) is 31.1 Å². The van der Waals surface area contributed by atoms with E-state index < -0.39 is 0 Å². The Morgan fingerprint density at radius 1 is 1.03 bits per heavy atom. The molecular formula is C24H26ClN5O. The van der Waals surface area contributed by atoms with Crippen molar-refractivity contribution < 1.29 is 4.79 Å². The number of nitrogens with zero attached hydrogens (tertiary/aromatic N) is 4. The third-order valence-corrected chi connectivity index (χ3v) is 6.72. The lowest BCUT2D eigenvalue weighted by atomic mass is 9.93. The Hall–Kier alpha value is -2.86. The van der Waals surface area contributed by atoms with E-state index in [0.717, 1.165) is 80.2 Å². The number of halogens is 1. The number of rotatable bonds is 4. The van der Waals surface area contributed by atoms with Crippen molar-refractivity contribution in [1.82, 2.24) is 20.1 Å². The predicted octanol–water partition coefficient (Wildman–Crippen LogP) is 4.75. The van der Waals surface area contributed by atoms with E-state index in [1.54, 1.807) is 6.20 Å². The van der Waals surface area contributed by atoms with Crippen LogP contribution in [0.1, 0.15) is 47.7 Å². The van der Waals surface area contributed by atoms with Crippen LogP contribution < -0.4 is 4.90 Å². The number of hydrogen-bond acceptors (Lipinski definition) is 4. The first kappa shape index (κ1) is 20.1. The lowest BCUT2D eigenvalue weighted by molar-refractivity contribution is 0.0793. The van der Waals surface area contributed by atoms with Crippen molar-refractivity contribution in [3.05, 3.63) is 64.9 Å². The molecule has 0 bridgehead atoms. The number of amides is 1. The summed E-state index contributed by atoms with van der Waals surface area (Å²) < 4.78 is 0. The number of carbonyl (C=O) groups excluding carboxylic acids is 1. The number of carbonyl (C=O) groups is 1. The molecule has 5 rings (SSSR count). The average molecular weight is 436 g/mol. The van der Waals surface area contributed by atoms with Crippen LogP contribution in [0.5, 0.6) is 0 Å². The zero-order valence-electron chi connectivity index (χ0n) is 17.4. The van der Waals surface area contributed by atoms with Gasteiger partial charge in [0, 0.05) is 49.6 Å². The highest BCUT2D eigenvalue weighted by Crippen LogP contribution is 2.33. The van der Waals surface area contributed by atoms with Gasteiger partial charge >= 0.3 is 0 Å². The predicted molar refractivity (Wildman–Crippen MR) is 123 cm³/mol. The van der Waals surface area contributed by atoms with Crippen LogP contribution in [0.25, 0.3) is 11.3 Å². The molecule has 0 aliphatic carbocycles. The minimum Gasteiger partial charge on any atom is -0.356 e. The van der Waals surface area contributed by atoms with Crippen LogP contribution >= 0.6 is 11.6 Å². The van der Waals surface area contributed by atoms with E-state index in [0.29, 0.717) is 10.9 Å². The number of likely N-dealkylation sites (tertiary alicyclic amines) is 1. The van der Waals surface area contributed by atoms with Crippen molar-refractivity contribution >= 4 is 23.3 Å². The topological polar surface area (TPSA) is 65.1 Å². The number of H-pyrrole nitrogens is 1. The van der Waals surface area contributed by atoms with E-state index in [4.69, 9.17) is 11.6 Å². The lowest BCUT2D eigenvalue weighted by Gasteiger charge is -2.33. The highest BCUT2D eigenvalue weighted by Gasteiger charge is 2.28. The molecule has 4 heterocycles. The molecule has 1 N–H and O–H groups in total. The number of anilines is 1. The molecule has 0 unspecified atom stereocenters. The van der Waals surface area contributed by atoms with Gasteiger partial charge in [-0.25, -0.2) is 4.98 Å². The molecule has 6 nitrogen and oxygen atoms in total. The number of aromatic amines is 1. The summed E-state index contributed by atoms with van der Waals surface area (Å²) in [7, 11) is 0. The number of aromatic nitrogens is 3. The van der Waals surface area contributed by atoms with E-state index in [2.05, 4.69) is 26.1 Å². The van der Waals surface area contributed by atoms with Gasteiger partial charge in [0.05, 0.1) is 16.3 Å².